The van der Waals surface area contributed by atoms with Gasteiger partial charge >= 0.3 is 5.97 Å². The van der Waals surface area contributed by atoms with Crippen LogP contribution in [0.4, 0.5) is 4.39 Å². The Hall–Kier alpha value is -3.31. The molecule has 0 atom stereocenters. The molecule has 0 unspecified atom stereocenters. The largest absolute Gasteiger partial charge is 0.462 e. The molecule has 0 bridgehead atoms. The monoisotopic (exact) mass is 327 g/mol. The highest BCUT2D eigenvalue weighted by atomic mass is 19.1. The molecule has 0 amide bonds. The third-order valence-corrected chi connectivity index (χ3v) is 2.87. The summed E-state index contributed by atoms with van der Waals surface area (Å²) in [7, 11) is 0. The van der Waals surface area contributed by atoms with E-state index in [9.17, 15) is 9.18 Å². The Labute approximate surface area is 137 Å². The van der Waals surface area contributed by atoms with E-state index in [0.717, 1.165) is 0 Å². The van der Waals surface area contributed by atoms with Gasteiger partial charge in [-0.25, -0.2) is 9.18 Å². The quantitative estimate of drug-likeness (QED) is 0.250. The minimum absolute atomic E-state index is 0.151. The number of benzene rings is 2. The minimum Gasteiger partial charge on any atom is -0.462 e. The first-order chi connectivity index (χ1) is 11.6. The number of esters is 1. The van der Waals surface area contributed by atoms with Gasteiger partial charge in [0, 0.05) is 16.5 Å². The summed E-state index contributed by atoms with van der Waals surface area (Å²) in [5, 5.41) is 3.35. The number of ether oxygens (including phenoxy) is 2. The Balaban J connectivity index is 2.38. The lowest BCUT2D eigenvalue weighted by atomic mass is 10.1. The number of carbonyl (C=O) groups excluding carboxylic acids is 1. The van der Waals surface area contributed by atoms with Crippen LogP contribution in [0.1, 0.15) is 12.5 Å². The van der Waals surface area contributed by atoms with Gasteiger partial charge in [-0.05, 0) is 36.7 Å². The standard InChI is InChI=1S/C17H14FN3O3/c1-2-23-17(22)15(20-21-19)10-12-6-3-4-9-16(12)24-14-8-5-7-13(18)11-14/h3-11H,2H2,1H3/b15-10+. The summed E-state index contributed by atoms with van der Waals surface area (Å²) in [5.41, 5.74) is 8.89. The summed E-state index contributed by atoms with van der Waals surface area (Å²) in [6.45, 7) is 1.80. The van der Waals surface area contributed by atoms with Crippen molar-refractivity contribution in [3.8, 4) is 11.5 Å². The highest BCUT2D eigenvalue weighted by Crippen LogP contribution is 2.27. The van der Waals surface area contributed by atoms with Crippen molar-refractivity contribution in [2.45, 2.75) is 6.92 Å². The number of nitrogens with zero attached hydrogens (tertiary/aromatic N) is 3. The Morgan fingerprint density at radius 3 is 2.79 bits per heavy atom. The van der Waals surface area contributed by atoms with Crippen LogP contribution in [-0.2, 0) is 9.53 Å². The molecule has 0 fully saturated rings. The lowest BCUT2D eigenvalue weighted by molar-refractivity contribution is -0.138. The number of para-hydroxylation sites is 1. The lowest BCUT2D eigenvalue weighted by Gasteiger charge is -2.09. The second-order valence-electron chi connectivity index (χ2n) is 4.54. The zero-order valence-electron chi connectivity index (χ0n) is 12.8. The van der Waals surface area contributed by atoms with Crippen LogP contribution in [0.5, 0.6) is 11.5 Å². The third kappa shape index (κ3) is 4.59. The van der Waals surface area contributed by atoms with Crippen molar-refractivity contribution in [3.63, 3.8) is 0 Å². The van der Waals surface area contributed by atoms with E-state index in [-0.39, 0.29) is 12.3 Å². The Morgan fingerprint density at radius 2 is 2.08 bits per heavy atom. The summed E-state index contributed by atoms with van der Waals surface area (Å²) >= 11 is 0. The van der Waals surface area contributed by atoms with E-state index < -0.39 is 11.8 Å². The van der Waals surface area contributed by atoms with Crippen LogP contribution in [0.3, 0.4) is 0 Å². The first-order valence-corrected chi connectivity index (χ1v) is 7.10. The first-order valence-electron chi connectivity index (χ1n) is 7.10. The zero-order chi connectivity index (χ0) is 17.4. The van der Waals surface area contributed by atoms with E-state index in [4.69, 9.17) is 15.0 Å². The second-order valence-corrected chi connectivity index (χ2v) is 4.54. The predicted octanol–water partition coefficient (Wildman–Crippen LogP) is 4.83. The fourth-order valence-corrected chi connectivity index (χ4v) is 1.88. The molecule has 6 nitrogen and oxygen atoms in total. The molecule has 24 heavy (non-hydrogen) atoms. The van der Waals surface area contributed by atoms with Gasteiger partial charge in [-0.1, -0.05) is 29.4 Å². The van der Waals surface area contributed by atoms with E-state index >= 15 is 0 Å². The molecule has 0 aliphatic carbocycles. The van der Waals surface area contributed by atoms with Gasteiger partial charge in [0.15, 0.2) is 0 Å². The van der Waals surface area contributed by atoms with Gasteiger partial charge in [-0.15, -0.1) is 0 Å². The Morgan fingerprint density at radius 1 is 1.29 bits per heavy atom. The molecule has 0 saturated heterocycles. The van der Waals surface area contributed by atoms with Crippen LogP contribution >= 0.6 is 0 Å². The average molecular weight is 327 g/mol. The maximum absolute atomic E-state index is 13.3. The van der Waals surface area contributed by atoms with Crippen LogP contribution in [0, 0.1) is 5.82 Å². The molecule has 0 aliphatic rings. The number of azide groups is 1. The molecule has 0 aliphatic heterocycles. The number of hydrogen-bond donors (Lipinski definition) is 0. The van der Waals surface area contributed by atoms with E-state index in [1.807, 2.05) is 0 Å². The second kappa shape index (κ2) is 8.36. The normalized spacial score (nSPS) is 10.7. The zero-order valence-corrected chi connectivity index (χ0v) is 12.8. The summed E-state index contributed by atoms with van der Waals surface area (Å²) in [5.74, 6) is -0.493. The maximum Gasteiger partial charge on any atom is 0.340 e. The van der Waals surface area contributed by atoms with E-state index in [0.29, 0.717) is 17.1 Å². The molecular formula is C17H14FN3O3. The highest BCUT2D eigenvalue weighted by molar-refractivity contribution is 5.93. The Bertz CT molecular complexity index is 814. The molecule has 2 aromatic rings. The van der Waals surface area contributed by atoms with Crippen molar-refractivity contribution in [2.75, 3.05) is 6.61 Å². The van der Waals surface area contributed by atoms with E-state index in [1.165, 1.54) is 24.3 Å². The molecule has 2 rings (SSSR count). The van der Waals surface area contributed by atoms with Crippen LogP contribution in [0.15, 0.2) is 59.3 Å². The SMILES string of the molecule is CCOC(=O)/C(=C\c1ccccc1Oc1cccc(F)c1)N=[N+]=[N-]. The molecule has 2 aromatic carbocycles. The smallest absolute Gasteiger partial charge is 0.340 e. The minimum atomic E-state index is -0.740. The van der Waals surface area contributed by atoms with Crippen LogP contribution in [0.25, 0.3) is 16.5 Å². The molecule has 0 N–H and O–H groups in total. The fourth-order valence-electron chi connectivity index (χ4n) is 1.88. The van der Waals surface area contributed by atoms with Crippen molar-refractivity contribution < 1.29 is 18.7 Å². The van der Waals surface area contributed by atoms with Crippen molar-refractivity contribution in [1.82, 2.24) is 0 Å². The average Bonchev–Trinajstić information content (AvgIpc) is 2.56. The number of halogens is 1. The summed E-state index contributed by atoms with van der Waals surface area (Å²) < 4.78 is 23.7. The van der Waals surface area contributed by atoms with Crippen LogP contribution in [0.2, 0.25) is 0 Å². The van der Waals surface area contributed by atoms with Gasteiger partial charge in [-0.3, -0.25) is 0 Å². The van der Waals surface area contributed by atoms with E-state index in [1.54, 1.807) is 37.3 Å². The molecular weight excluding hydrogens is 313 g/mol. The third-order valence-electron chi connectivity index (χ3n) is 2.87. The molecule has 0 aromatic heterocycles. The van der Waals surface area contributed by atoms with Gasteiger partial charge in [0.1, 0.15) is 23.0 Å². The van der Waals surface area contributed by atoms with Crippen molar-refractivity contribution in [3.05, 3.63) is 76.1 Å². The molecule has 122 valence electrons. The highest BCUT2D eigenvalue weighted by Gasteiger charge is 2.11. The van der Waals surface area contributed by atoms with Gasteiger partial charge in [0.2, 0.25) is 0 Å². The van der Waals surface area contributed by atoms with Crippen LogP contribution in [-0.4, -0.2) is 12.6 Å². The molecule has 0 heterocycles. The Kier molecular flexibility index (Phi) is 5.94. The van der Waals surface area contributed by atoms with Gasteiger partial charge in [0.25, 0.3) is 0 Å². The van der Waals surface area contributed by atoms with Crippen molar-refractivity contribution in [1.29, 1.82) is 0 Å². The number of carbonyl (C=O) groups is 1. The molecule has 0 radical (unpaired) electrons. The van der Waals surface area contributed by atoms with Gasteiger partial charge < -0.3 is 9.47 Å². The number of hydrogen-bond acceptors (Lipinski definition) is 4. The predicted molar refractivity (Wildman–Crippen MR) is 86.7 cm³/mol. The number of rotatable bonds is 6. The molecule has 0 spiro atoms. The van der Waals surface area contributed by atoms with Crippen LogP contribution < -0.4 is 4.74 Å². The van der Waals surface area contributed by atoms with E-state index in [2.05, 4.69) is 10.0 Å². The van der Waals surface area contributed by atoms with Crippen molar-refractivity contribution >= 4 is 12.0 Å². The molecule has 0 saturated carbocycles. The summed E-state index contributed by atoms with van der Waals surface area (Å²) in [6.07, 6.45) is 1.35. The van der Waals surface area contributed by atoms with Gasteiger partial charge in [0.05, 0.1) is 6.61 Å². The fraction of sp³-hybridized carbons (Fsp3) is 0.118. The topological polar surface area (TPSA) is 84.3 Å². The maximum atomic E-state index is 13.3. The van der Waals surface area contributed by atoms with Crippen molar-refractivity contribution in [2.24, 2.45) is 5.11 Å². The lowest BCUT2D eigenvalue weighted by Crippen LogP contribution is -2.05. The van der Waals surface area contributed by atoms with Gasteiger partial charge in [-0.2, -0.15) is 0 Å². The summed E-state index contributed by atoms with van der Waals surface area (Å²) in [4.78, 5) is 14.4. The summed E-state index contributed by atoms with van der Waals surface area (Å²) in [6, 6.07) is 12.4. The first kappa shape index (κ1) is 17.1. The molecule has 7 heteroatoms.